The largest absolute Gasteiger partial charge is 0.304 e. The molecule has 0 aromatic carbocycles. The zero-order valence-electron chi connectivity index (χ0n) is 11.5. The van der Waals surface area contributed by atoms with Gasteiger partial charge in [-0.15, -0.1) is 11.3 Å². The summed E-state index contributed by atoms with van der Waals surface area (Å²) >= 11 is 1.63. The Balaban J connectivity index is 2.12. The smallest absolute Gasteiger partial charge is 0.245 e. The number of hydrogen-bond acceptors (Lipinski definition) is 4. The maximum absolute atomic E-state index is 12.3. The van der Waals surface area contributed by atoms with Gasteiger partial charge in [-0.1, -0.05) is 20.8 Å². The predicted molar refractivity (Wildman–Crippen MR) is 75.3 cm³/mol. The van der Waals surface area contributed by atoms with Crippen LogP contribution in [0.15, 0.2) is 0 Å². The Hall–Kier alpha value is -0.940. The fourth-order valence-electron chi connectivity index (χ4n) is 2.28. The lowest BCUT2D eigenvalue weighted by atomic mass is 10.2. The number of aryl methyl sites for hydroxylation is 2. The van der Waals surface area contributed by atoms with Crippen molar-refractivity contribution >= 4 is 22.4 Å². The van der Waals surface area contributed by atoms with E-state index in [0.717, 1.165) is 30.2 Å². The Kier molecular flexibility index (Phi) is 4.02. The fourth-order valence-corrected chi connectivity index (χ4v) is 3.31. The number of rotatable bonds is 4. The van der Waals surface area contributed by atoms with Crippen molar-refractivity contribution in [1.82, 2.24) is 10.3 Å². The van der Waals surface area contributed by atoms with Gasteiger partial charge in [-0.05, 0) is 19.8 Å². The van der Waals surface area contributed by atoms with Gasteiger partial charge >= 0.3 is 0 Å². The molecular formula is C13H21N3OS. The molecule has 1 fully saturated rings. The lowest BCUT2D eigenvalue weighted by Gasteiger charge is -2.16. The van der Waals surface area contributed by atoms with Crippen LogP contribution in [0.3, 0.4) is 0 Å². The van der Waals surface area contributed by atoms with Gasteiger partial charge in [-0.3, -0.25) is 9.69 Å². The molecule has 1 atom stereocenters. The summed E-state index contributed by atoms with van der Waals surface area (Å²) in [6.45, 7) is 9.09. The molecule has 0 spiro atoms. The van der Waals surface area contributed by atoms with E-state index in [1.165, 1.54) is 4.88 Å². The molecule has 5 heteroatoms. The number of carbonyl (C=O) groups excluding carboxylic acids is 1. The summed E-state index contributed by atoms with van der Waals surface area (Å²) in [4.78, 5) is 19.9. The van der Waals surface area contributed by atoms with Crippen LogP contribution in [0, 0.1) is 6.92 Å². The van der Waals surface area contributed by atoms with E-state index in [0.29, 0.717) is 6.04 Å². The third-order valence-electron chi connectivity index (χ3n) is 3.19. The predicted octanol–water partition coefficient (Wildman–Crippen LogP) is 2.12. The minimum atomic E-state index is -0.0423. The number of nitrogens with one attached hydrogen (secondary N) is 1. The van der Waals surface area contributed by atoms with Crippen LogP contribution in [0.5, 0.6) is 0 Å². The van der Waals surface area contributed by atoms with Crippen molar-refractivity contribution in [2.45, 2.75) is 52.6 Å². The molecule has 1 aromatic heterocycles. The summed E-state index contributed by atoms with van der Waals surface area (Å²) in [5, 5.41) is 4.18. The lowest BCUT2D eigenvalue weighted by Crippen LogP contribution is -2.41. The molecule has 1 aliphatic heterocycles. The first-order chi connectivity index (χ1) is 8.52. The number of aromatic nitrogens is 1. The topological polar surface area (TPSA) is 45.2 Å². The second kappa shape index (κ2) is 5.36. The van der Waals surface area contributed by atoms with Gasteiger partial charge in [0.15, 0.2) is 5.13 Å². The summed E-state index contributed by atoms with van der Waals surface area (Å²) in [7, 11) is 0. The van der Waals surface area contributed by atoms with E-state index in [2.05, 4.69) is 38.0 Å². The number of amides is 1. The highest BCUT2D eigenvalue weighted by Crippen LogP contribution is 2.29. The van der Waals surface area contributed by atoms with Crippen molar-refractivity contribution in [3.05, 3.63) is 10.6 Å². The van der Waals surface area contributed by atoms with E-state index in [-0.39, 0.29) is 11.9 Å². The first-order valence-corrected chi connectivity index (χ1v) is 7.38. The molecular weight excluding hydrogens is 246 g/mol. The first kappa shape index (κ1) is 13.5. The Labute approximate surface area is 112 Å². The van der Waals surface area contributed by atoms with Crippen molar-refractivity contribution < 1.29 is 4.79 Å². The van der Waals surface area contributed by atoms with E-state index in [9.17, 15) is 4.79 Å². The molecule has 0 bridgehead atoms. The van der Waals surface area contributed by atoms with E-state index in [4.69, 9.17) is 0 Å². The molecule has 1 aliphatic rings. The standard InChI is InChI=1S/C13H21N3OS/c1-5-10-9(4)18-13(15-10)16-7-6-11(12(16)17)14-8(2)3/h8,11,14H,5-7H2,1-4H3. The summed E-state index contributed by atoms with van der Waals surface area (Å²) < 4.78 is 0. The van der Waals surface area contributed by atoms with Crippen molar-refractivity contribution in [3.8, 4) is 0 Å². The molecule has 0 aliphatic carbocycles. The number of nitrogens with zero attached hydrogens (tertiary/aromatic N) is 2. The molecule has 2 heterocycles. The zero-order chi connectivity index (χ0) is 13.3. The van der Waals surface area contributed by atoms with Gasteiger partial charge in [0.05, 0.1) is 11.7 Å². The van der Waals surface area contributed by atoms with E-state index >= 15 is 0 Å². The van der Waals surface area contributed by atoms with Crippen LogP contribution in [-0.2, 0) is 11.2 Å². The highest BCUT2D eigenvalue weighted by molar-refractivity contribution is 7.15. The summed E-state index contributed by atoms with van der Waals surface area (Å²) in [6.07, 6.45) is 1.80. The molecule has 1 aromatic rings. The molecule has 100 valence electrons. The Morgan fingerprint density at radius 1 is 1.56 bits per heavy atom. The maximum Gasteiger partial charge on any atom is 0.245 e. The average molecular weight is 267 g/mol. The Morgan fingerprint density at radius 3 is 2.83 bits per heavy atom. The second-order valence-electron chi connectivity index (χ2n) is 5.01. The van der Waals surface area contributed by atoms with Gasteiger partial charge in [-0.2, -0.15) is 0 Å². The summed E-state index contributed by atoms with van der Waals surface area (Å²) in [6, 6.07) is 0.294. The molecule has 18 heavy (non-hydrogen) atoms. The average Bonchev–Trinajstić information content (AvgIpc) is 2.83. The van der Waals surface area contributed by atoms with Crippen LogP contribution in [0.2, 0.25) is 0 Å². The highest BCUT2D eigenvalue weighted by Gasteiger charge is 2.34. The molecule has 1 saturated heterocycles. The van der Waals surface area contributed by atoms with E-state index in [1.54, 1.807) is 11.3 Å². The minimum absolute atomic E-state index is 0.0423. The molecule has 2 rings (SSSR count). The Bertz CT molecular complexity index is 441. The summed E-state index contributed by atoms with van der Waals surface area (Å²) in [5.41, 5.74) is 1.11. The third kappa shape index (κ3) is 2.57. The monoisotopic (exact) mass is 267 g/mol. The molecule has 0 saturated carbocycles. The summed E-state index contributed by atoms with van der Waals surface area (Å²) in [5.74, 6) is 0.167. The molecule has 4 nitrogen and oxygen atoms in total. The SMILES string of the molecule is CCc1nc(N2CCC(NC(C)C)C2=O)sc1C. The van der Waals surface area contributed by atoms with Crippen LogP contribution in [0.25, 0.3) is 0 Å². The normalized spacial score (nSPS) is 20.2. The number of hydrogen-bond donors (Lipinski definition) is 1. The third-order valence-corrected chi connectivity index (χ3v) is 4.22. The number of thiazole rings is 1. The van der Waals surface area contributed by atoms with E-state index < -0.39 is 0 Å². The minimum Gasteiger partial charge on any atom is -0.304 e. The van der Waals surface area contributed by atoms with Crippen LogP contribution >= 0.6 is 11.3 Å². The number of anilines is 1. The lowest BCUT2D eigenvalue weighted by molar-refractivity contribution is -0.118. The maximum atomic E-state index is 12.3. The molecule has 0 radical (unpaired) electrons. The van der Waals surface area contributed by atoms with Crippen molar-refractivity contribution in [2.75, 3.05) is 11.4 Å². The van der Waals surface area contributed by atoms with Crippen molar-refractivity contribution in [3.63, 3.8) is 0 Å². The van der Waals surface area contributed by atoms with Crippen LogP contribution in [0.1, 0.15) is 37.8 Å². The van der Waals surface area contributed by atoms with Crippen LogP contribution in [-0.4, -0.2) is 29.5 Å². The number of carbonyl (C=O) groups is 1. The fraction of sp³-hybridized carbons (Fsp3) is 0.692. The van der Waals surface area contributed by atoms with Gasteiger partial charge in [0.2, 0.25) is 5.91 Å². The molecule has 1 N–H and O–H groups in total. The first-order valence-electron chi connectivity index (χ1n) is 6.56. The second-order valence-corrected chi connectivity index (χ2v) is 6.19. The van der Waals surface area contributed by atoms with Gasteiger partial charge in [0.1, 0.15) is 0 Å². The highest BCUT2D eigenvalue weighted by atomic mass is 32.1. The van der Waals surface area contributed by atoms with Crippen LogP contribution in [0.4, 0.5) is 5.13 Å². The van der Waals surface area contributed by atoms with E-state index in [1.807, 2.05) is 4.90 Å². The molecule has 1 amide bonds. The van der Waals surface area contributed by atoms with Gasteiger partial charge < -0.3 is 5.32 Å². The van der Waals surface area contributed by atoms with Gasteiger partial charge in [0, 0.05) is 17.5 Å². The zero-order valence-corrected chi connectivity index (χ0v) is 12.3. The van der Waals surface area contributed by atoms with Crippen molar-refractivity contribution in [1.29, 1.82) is 0 Å². The quantitative estimate of drug-likeness (QED) is 0.909. The van der Waals surface area contributed by atoms with Gasteiger partial charge in [0.25, 0.3) is 0 Å². The van der Waals surface area contributed by atoms with Crippen LogP contribution < -0.4 is 10.2 Å². The van der Waals surface area contributed by atoms with Crippen molar-refractivity contribution in [2.24, 2.45) is 0 Å². The molecule has 1 unspecified atom stereocenters. The Morgan fingerprint density at radius 2 is 2.28 bits per heavy atom. The van der Waals surface area contributed by atoms with Gasteiger partial charge in [-0.25, -0.2) is 4.98 Å².